The minimum Gasteiger partial charge on any atom is -0.372 e. The highest BCUT2D eigenvalue weighted by atomic mass is 16.1. The average molecular weight is 220 g/mol. The molecule has 1 aromatic heterocycles. The summed E-state index contributed by atoms with van der Waals surface area (Å²) < 4.78 is 0. The van der Waals surface area contributed by atoms with Gasteiger partial charge < -0.3 is 10.6 Å². The number of amides is 1. The van der Waals surface area contributed by atoms with Crippen molar-refractivity contribution in [3.05, 3.63) is 18.1 Å². The first-order valence-electron chi connectivity index (χ1n) is 5.41. The van der Waals surface area contributed by atoms with Gasteiger partial charge in [-0.2, -0.15) is 0 Å². The third kappa shape index (κ3) is 2.48. The molecule has 0 aromatic carbocycles. The first-order chi connectivity index (χ1) is 7.63. The fourth-order valence-corrected chi connectivity index (χ4v) is 1.35. The Balaban J connectivity index is 1.92. The fourth-order valence-electron chi connectivity index (χ4n) is 1.35. The fraction of sp³-hybridized carbons (Fsp3) is 0.545. The Kier molecular flexibility index (Phi) is 2.77. The third-order valence-electron chi connectivity index (χ3n) is 2.92. The molecule has 0 spiro atoms. The Bertz CT molecular complexity index is 383. The summed E-state index contributed by atoms with van der Waals surface area (Å²) in [6.07, 6.45) is 5.42. The molecule has 1 amide bonds. The molecular formula is C11H16N4O. The van der Waals surface area contributed by atoms with Crippen LogP contribution in [0.5, 0.6) is 0 Å². The van der Waals surface area contributed by atoms with E-state index in [0.29, 0.717) is 16.9 Å². The summed E-state index contributed by atoms with van der Waals surface area (Å²) in [4.78, 5) is 19.8. The van der Waals surface area contributed by atoms with Gasteiger partial charge in [-0.25, -0.2) is 9.97 Å². The van der Waals surface area contributed by atoms with Gasteiger partial charge in [-0.1, -0.05) is 6.92 Å². The van der Waals surface area contributed by atoms with Crippen LogP contribution in [0.25, 0.3) is 0 Å². The van der Waals surface area contributed by atoms with E-state index in [1.54, 1.807) is 13.2 Å². The quantitative estimate of drug-likeness (QED) is 0.796. The second-order valence-electron chi connectivity index (χ2n) is 4.53. The van der Waals surface area contributed by atoms with E-state index in [4.69, 9.17) is 0 Å². The van der Waals surface area contributed by atoms with E-state index < -0.39 is 0 Å². The molecule has 0 saturated heterocycles. The van der Waals surface area contributed by atoms with Crippen LogP contribution >= 0.6 is 0 Å². The molecule has 2 rings (SSSR count). The highest BCUT2D eigenvalue weighted by Crippen LogP contribution is 2.44. The van der Waals surface area contributed by atoms with Gasteiger partial charge >= 0.3 is 0 Å². The minimum absolute atomic E-state index is 0.150. The number of hydrogen-bond acceptors (Lipinski definition) is 4. The van der Waals surface area contributed by atoms with Crippen molar-refractivity contribution in [3.8, 4) is 0 Å². The van der Waals surface area contributed by atoms with Gasteiger partial charge in [0.25, 0.3) is 5.91 Å². The number of hydrogen-bond donors (Lipinski definition) is 2. The van der Waals surface area contributed by atoms with Crippen LogP contribution in [0.4, 0.5) is 5.82 Å². The highest BCUT2D eigenvalue weighted by molar-refractivity contribution is 5.92. The van der Waals surface area contributed by atoms with E-state index in [1.807, 2.05) is 0 Å². The molecule has 0 bridgehead atoms. The SMILES string of the molecule is CNc1cnc(C(=O)NCC2(C)CC2)cn1. The van der Waals surface area contributed by atoms with Crippen molar-refractivity contribution in [1.29, 1.82) is 0 Å². The smallest absolute Gasteiger partial charge is 0.271 e. The molecule has 1 aromatic rings. The van der Waals surface area contributed by atoms with Crippen LogP contribution < -0.4 is 10.6 Å². The molecule has 86 valence electrons. The van der Waals surface area contributed by atoms with Gasteiger partial charge in [-0.15, -0.1) is 0 Å². The molecule has 0 radical (unpaired) electrons. The molecule has 16 heavy (non-hydrogen) atoms. The molecule has 5 nitrogen and oxygen atoms in total. The predicted octanol–water partition coefficient (Wildman–Crippen LogP) is 1.05. The minimum atomic E-state index is -0.150. The second kappa shape index (κ2) is 4.08. The molecular weight excluding hydrogens is 204 g/mol. The number of nitrogens with one attached hydrogen (secondary N) is 2. The standard InChI is InChI=1S/C11H16N4O/c1-11(3-4-11)7-15-10(16)8-5-14-9(12-2)6-13-8/h5-6H,3-4,7H2,1-2H3,(H,12,14)(H,15,16). The molecule has 2 N–H and O–H groups in total. The Hall–Kier alpha value is -1.65. The maximum Gasteiger partial charge on any atom is 0.271 e. The van der Waals surface area contributed by atoms with E-state index in [9.17, 15) is 4.79 Å². The van der Waals surface area contributed by atoms with Gasteiger partial charge in [0.15, 0.2) is 0 Å². The summed E-state index contributed by atoms with van der Waals surface area (Å²) in [6.45, 7) is 2.89. The zero-order valence-corrected chi connectivity index (χ0v) is 9.58. The van der Waals surface area contributed by atoms with Crippen LogP contribution in [0.2, 0.25) is 0 Å². The second-order valence-corrected chi connectivity index (χ2v) is 4.53. The molecule has 1 fully saturated rings. The van der Waals surface area contributed by atoms with Gasteiger partial charge in [0, 0.05) is 13.6 Å². The lowest BCUT2D eigenvalue weighted by molar-refractivity contribution is 0.0941. The zero-order valence-electron chi connectivity index (χ0n) is 9.58. The number of rotatable bonds is 4. The predicted molar refractivity (Wildman–Crippen MR) is 61.3 cm³/mol. The van der Waals surface area contributed by atoms with Crippen molar-refractivity contribution in [3.63, 3.8) is 0 Å². The number of carbonyl (C=O) groups excluding carboxylic acids is 1. The summed E-state index contributed by atoms with van der Waals surface area (Å²) >= 11 is 0. The molecule has 0 aliphatic heterocycles. The third-order valence-corrected chi connectivity index (χ3v) is 2.92. The van der Waals surface area contributed by atoms with E-state index in [1.165, 1.54) is 19.0 Å². The highest BCUT2D eigenvalue weighted by Gasteiger charge is 2.37. The molecule has 5 heteroatoms. The van der Waals surface area contributed by atoms with Gasteiger partial charge in [-0.05, 0) is 18.3 Å². The van der Waals surface area contributed by atoms with Crippen molar-refractivity contribution >= 4 is 11.7 Å². The number of anilines is 1. The maximum absolute atomic E-state index is 11.7. The van der Waals surface area contributed by atoms with Crippen LogP contribution in [0.3, 0.4) is 0 Å². The van der Waals surface area contributed by atoms with E-state index >= 15 is 0 Å². The van der Waals surface area contributed by atoms with E-state index in [0.717, 1.165) is 6.54 Å². The number of carbonyl (C=O) groups is 1. The molecule has 0 atom stereocenters. The molecule has 1 saturated carbocycles. The summed E-state index contributed by atoms with van der Waals surface area (Å²) in [7, 11) is 1.76. The largest absolute Gasteiger partial charge is 0.372 e. The van der Waals surface area contributed by atoms with Crippen LogP contribution in [0.15, 0.2) is 12.4 Å². The molecule has 0 unspecified atom stereocenters. The van der Waals surface area contributed by atoms with Gasteiger partial charge in [0.1, 0.15) is 11.5 Å². The monoisotopic (exact) mass is 220 g/mol. The van der Waals surface area contributed by atoms with Crippen LogP contribution in [-0.4, -0.2) is 29.5 Å². The normalized spacial score (nSPS) is 16.6. The number of nitrogens with zero attached hydrogens (tertiary/aromatic N) is 2. The van der Waals surface area contributed by atoms with Crippen molar-refractivity contribution in [2.24, 2.45) is 5.41 Å². The van der Waals surface area contributed by atoms with Crippen molar-refractivity contribution < 1.29 is 4.79 Å². The zero-order chi connectivity index (χ0) is 11.6. The van der Waals surface area contributed by atoms with Gasteiger partial charge in [-0.3, -0.25) is 4.79 Å². The van der Waals surface area contributed by atoms with Gasteiger partial charge in [0.05, 0.1) is 12.4 Å². The van der Waals surface area contributed by atoms with Crippen molar-refractivity contribution in [2.45, 2.75) is 19.8 Å². The van der Waals surface area contributed by atoms with E-state index in [-0.39, 0.29) is 5.91 Å². The molecule has 1 aliphatic rings. The van der Waals surface area contributed by atoms with E-state index in [2.05, 4.69) is 27.5 Å². The van der Waals surface area contributed by atoms with Crippen LogP contribution in [0.1, 0.15) is 30.3 Å². The summed E-state index contributed by atoms with van der Waals surface area (Å²) in [5.74, 6) is 0.508. The van der Waals surface area contributed by atoms with Crippen LogP contribution in [-0.2, 0) is 0 Å². The first-order valence-corrected chi connectivity index (χ1v) is 5.41. The average Bonchev–Trinajstić information content (AvgIpc) is 3.05. The topological polar surface area (TPSA) is 66.9 Å². The lowest BCUT2D eigenvalue weighted by Crippen LogP contribution is -2.29. The Morgan fingerprint density at radius 3 is 2.69 bits per heavy atom. The summed E-state index contributed by atoms with van der Waals surface area (Å²) in [5.41, 5.74) is 0.678. The lowest BCUT2D eigenvalue weighted by Gasteiger charge is -2.09. The maximum atomic E-state index is 11.7. The van der Waals surface area contributed by atoms with Crippen molar-refractivity contribution in [1.82, 2.24) is 15.3 Å². The Labute approximate surface area is 94.7 Å². The molecule has 1 heterocycles. The first kappa shape index (κ1) is 10.9. The van der Waals surface area contributed by atoms with Crippen LogP contribution in [0, 0.1) is 5.41 Å². The van der Waals surface area contributed by atoms with Gasteiger partial charge in [0.2, 0.25) is 0 Å². The Morgan fingerprint density at radius 2 is 2.19 bits per heavy atom. The lowest BCUT2D eigenvalue weighted by atomic mass is 10.1. The molecule has 1 aliphatic carbocycles. The Morgan fingerprint density at radius 1 is 1.44 bits per heavy atom. The number of aromatic nitrogens is 2. The summed E-state index contributed by atoms with van der Waals surface area (Å²) in [6, 6.07) is 0. The summed E-state index contributed by atoms with van der Waals surface area (Å²) in [5, 5.41) is 5.73. The van der Waals surface area contributed by atoms with Crippen molar-refractivity contribution in [2.75, 3.05) is 18.9 Å².